The molecule has 2 atom stereocenters. The van der Waals surface area contributed by atoms with Crippen molar-refractivity contribution in [2.45, 2.75) is 12.5 Å². The van der Waals surface area contributed by atoms with Gasteiger partial charge in [0.15, 0.2) is 17.0 Å². The van der Waals surface area contributed by atoms with E-state index in [0.29, 0.717) is 17.0 Å². The molecular formula is C12H16N6O. The molecule has 4 N–H and O–H groups in total. The molecule has 0 aliphatic heterocycles. The number of aromatic nitrogens is 4. The predicted octanol–water partition coefficient (Wildman–Crippen LogP) is 0.560. The first kappa shape index (κ1) is 11.9. The molecule has 0 fully saturated rings. The molecule has 0 spiro atoms. The molecule has 7 nitrogen and oxygen atoms in total. The molecule has 3 rings (SSSR count). The highest BCUT2D eigenvalue weighted by Gasteiger charge is 2.22. The van der Waals surface area contributed by atoms with E-state index in [4.69, 9.17) is 5.73 Å². The Labute approximate surface area is 110 Å². The van der Waals surface area contributed by atoms with Crippen molar-refractivity contribution in [2.24, 2.45) is 5.92 Å². The number of nitrogens with two attached hydrogens (primary N) is 1. The van der Waals surface area contributed by atoms with Gasteiger partial charge in [0, 0.05) is 19.6 Å². The summed E-state index contributed by atoms with van der Waals surface area (Å²) in [5.41, 5.74) is 7.14. The molecule has 2 heterocycles. The van der Waals surface area contributed by atoms with Crippen molar-refractivity contribution in [1.82, 2.24) is 19.5 Å². The van der Waals surface area contributed by atoms with Crippen molar-refractivity contribution >= 4 is 22.9 Å². The summed E-state index contributed by atoms with van der Waals surface area (Å²) in [5.74, 6) is 1.05. The van der Waals surface area contributed by atoms with Gasteiger partial charge in [-0.25, -0.2) is 4.98 Å². The van der Waals surface area contributed by atoms with Crippen molar-refractivity contribution in [1.29, 1.82) is 0 Å². The normalized spacial score (nSPS) is 22.2. The highest BCUT2D eigenvalue weighted by Crippen LogP contribution is 2.31. The molecule has 1 aliphatic carbocycles. The van der Waals surface area contributed by atoms with E-state index in [1.54, 1.807) is 13.4 Å². The first-order valence-corrected chi connectivity index (χ1v) is 6.20. The molecule has 2 unspecified atom stereocenters. The fourth-order valence-electron chi connectivity index (χ4n) is 2.44. The Morgan fingerprint density at radius 1 is 1.47 bits per heavy atom. The zero-order valence-corrected chi connectivity index (χ0v) is 10.6. The lowest BCUT2D eigenvalue weighted by molar-refractivity contribution is 0.244. The maximum Gasteiger partial charge on any atom is 0.224 e. The van der Waals surface area contributed by atoms with E-state index in [9.17, 15) is 5.11 Å². The zero-order valence-electron chi connectivity index (χ0n) is 10.6. The van der Waals surface area contributed by atoms with Gasteiger partial charge in [0.2, 0.25) is 5.95 Å². The molecule has 100 valence electrons. The molecule has 0 saturated carbocycles. The Hall–Kier alpha value is -2.15. The van der Waals surface area contributed by atoms with Crippen LogP contribution < -0.4 is 11.1 Å². The van der Waals surface area contributed by atoms with Gasteiger partial charge in [-0.15, -0.1) is 0 Å². The molecule has 0 radical (unpaired) electrons. The molecular weight excluding hydrogens is 244 g/mol. The summed E-state index contributed by atoms with van der Waals surface area (Å²) in [6.07, 6.45) is 6.69. The van der Waals surface area contributed by atoms with Crippen LogP contribution in [0, 0.1) is 5.92 Å². The Morgan fingerprint density at radius 3 is 3.00 bits per heavy atom. The largest absolute Gasteiger partial charge is 0.396 e. The fraction of sp³-hybridized carbons (Fsp3) is 0.417. The van der Waals surface area contributed by atoms with Crippen LogP contribution in [0.5, 0.6) is 0 Å². The maximum absolute atomic E-state index is 9.19. The van der Waals surface area contributed by atoms with Gasteiger partial charge in [-0.3, -0.25) is 0 Å². The quantitative estimate of drug-likeness (QED) is 0.697. The summed E-state index contributed by atoms with van der Waals surface area (Å²) in [4.78, 5) is 12.7. The van der Waals surface area contributed by atoms with E-state index in [1.807, 2.05) is 10.6 Å². The van der Waals surface area contributed by atoms with Crippen LogP contribution in [0.3, 0.4) is 0 Å². The topological polar surface area (TPSA) is 102 Å². The number of allylic oxidation sites excluding steroid dienone is 1. The first-order chi connectivity index (χ1) is 9.22. The third-order valence-electron chi connectivity index (χ3n) is 3.42. The molecule has 0 aromatic carbocycles. The molecule has 0 saturated heterocycles. The lowest BCUT2D eigenvalue weighted by Crippen LogP contribution is -2.09. The van der Waals surface area contributed by atoms with E-state index < -0.39 is 0 Å². The SMILES string of the molecule is CNc1nc(N)nc2c1ncn2C1C=CC(CO)C1. The molecule has 7 heteroatoms. The summed E-state index contributed by atoms with van der Waals surface area (Å²) in [7, 11) is 1.78. The van der Waals surface area contributed by atoms with Crippen LogP contribution in [0.4, 0.5) is 11.8 Å². The van der Waals surface area contributed by atoms with Crippen LogP contribution in [0.25, 0.3) is 11.2 Å². The molecule has 19 heavy (non-hydrogen) atoms. The van der Waals surface area contributed by atoms with Gasteiger partial charge in [0.05, 0.1) is 12.4 Å². The smallest absolute Gasteiger partial charge is 0.224 e. The summed E-state index contributed by atoms with van der Waals surface area (Å²) in [6.45, 7) is 0.165. The number of nitrogens with zero attached hydrogens (tertiary/aromatic N) is 4. The summed E-state index contributed by atoms with van der Waals surface area (Å²) < 4.78 is 1.97. The van der Waals surface area contributed by atoms with Crippen LogP contribution >= 0.6 is 0 Å². The highest BCUT2D eigenvalue weighted by atomic mass is 16.3. The monoisotopic (exact) mass is 260 g/mol. The molecule has 0 bridgehead atoms. The van der Waals surface area contributed by atoms with Gasteiger partial charge in [-0.05, 0) is 6.42 Å². The van der Waals surface area contributed by atoms with Crippen molar-refractivity contribution in [3.63, 3.8) is 0 Å². The van der Waals surface area contributed by atoms with E-state index in [-0.39, 0.29) is 24.5 Å². The highest BCUT2D eigenvalue weighted by molar-refractivity contribution is 5.84. The zero-order chi connectivity index (χ0) is 13.4. The molecule has 2 aromatic rings. The van der Waals surface area contributed by atoms with Crippen LogP contribution in [0.1, 0.15) is 12.5 Å². The summed E-state index contributed by atoms with van der Waals surface area (Å²) >= 11 is 0. The summed E-state index contributed by atoms with van der Waals surface area (Å²) in [6, 6.07) is 0.154. The Kier molecular flexibility index (Phi) is 2.83. The van der Waals surface area contributed by atoms with Gasteiger partial charge in [0.25, 0.3) is 0 Å². The third kappa shape index (κ3) is 1.91. The van der Waals surface area contributed by atoms with Gasteiger partial charge in [0.1, 0.15) is 0 Å². The Morgan fingerprint density at radius 2 is 2.32 bits per heavy atom. The van der Waals surface area contributed by atoms with E-state index in [0.717, 1.165) is 6.42 Å². The van der Waals surface area contributed by atoms with Crippen molar-refractivity contribution < 1.29 is 5.11 Å². The minimum absolute atomic E-state index is 0.154. The number of nitrogens with one attached hydrogen (secondary N) is 1. The van der Waals surface area contributed by atoms with Crippen LogP contribution in [0.2, 0.25) is 0 Å². The molecule has 2 aromatic heterocycles. The second-order valence-electron chi connectivity index (χ2n) is 4.64. The number of hydrogen-bond acceptors (Lipinski definition) is 6. The van der Waals surface area contributed by atoms with Crippen molar-refractivity contribution in [2.75, 3.05) is 24.7 Å². The number of hydrogen-bond donors (Lipinski definition) is 3. The number of fused-ring (bicyclic) bond motifs is 1. The minimum atomic E-state index is 0.154. The van der Waals surface area contributed by atoms with Crippen molar-refractivity contribution in [3.05, 3.63) is 18.5 Å². The van der Waals surface area contributed by atoms with Gasteiger partial charge >= 0.3 is 0 Å². The average molecular weight is 260 g/mol. The van der Waals surface area contributed by atoms with Crippen LogP contribution in [-0.4, -0.2) is 38.3 Å². The van der Waals surface area contributed by atoms with E-state index in [2.05, 4.69) is 26.3 Å². The lowest BCUT2D eigenvalue weighted by atomic mass is 10.1. The Bertz CT molecular complexity index is 634. The predicted molar refractivity (Wildman–Crippen MR) is 72.7 cm³/mol. The van der Waals surface area contributed by atoms with Crippen LogP contribution in [0.15, 0.2) is 18.5 Å². The van der Waals surface area contributed by atoms with Gasteiger partial charge < -0.3 is 20.7 Å². The van der Waals surface area contributed by atoms with Crippen LogP contribution in [-0.2, 0) is 0 Å². The average Bonchev–Trinajstić information content (AvgIpc) is 3.03. The van der Waals surface area contributed by atoms with Gasteiger partial charge in [-0.2, -0.15) is 9.97 Å². The number of aliphatic hydroxyl groups excluding tert-OH is 1. The number of rotatable bonds is 3. The second-order valence-corrected chi connectivity index (χ2v) is 4.64. The van der Waals surface area contributed by atoms with E-state index in [1.165, 1.54) is 0 Å². The lowest BCUT2D eigenvalue weighted by Gasteiger charge is -2.12. The van der Waals surface area contributed by atoms with Gasteiger partial charge in [-0.1, -0.05) is 12.2 Å². The maximum atomic E-state index is 9.19. The van der Waals surface area contributed by atoms with Crippen molar-refractivity contribution in [3.8, 4) is 0 Å². The third-order valence-corrected chi connectivity index (χ3v) is 3.42. The number of nitrogen functional groups attached to an aromatic ring is 1. The molecule has 1 aliphatic rings. The molecule has 0 amide bonds. The minimum Gasteiger partial charge on any atom is -0.396 e. The number of anilines is 2. The van der Waals surface area contributed by atoms with E-state index >= 15 is 0 Å². The second kappa shape index (κ2) is 4.51. The standard InChI is InChI=1S/C12H16N6O/c1-14-10-9-11(17-12(13)16-10)18(6-15-9)8-3-2-7(4-8)5-19/h2-3,6-8,19H,4-5H2,1H3,(H3,13,14,16,17). The number of imidazole rings is 1. The number of aliphatic hydroxyl groups is 1. The summed E-state index contributed by atoms with van der Waals surface area (Å²) in [5, 5.41) is 12.2. The Balaban J connectivity index is 2.06. The fourth-order valence-corrected chi connectivity index (χ4v) is 2.44. The first-order valence-electron chi connectivity index (χ1n) is 6.20.